The van der Waals surface area contributed by atoms with Gasteiger partial charge in [-0.1, -0.05) is 36.4 Å². The zero-order chi connectivity index (χ0) is 24.4. The fraction of sp³-hybridized carbons (Fsp3) is 0.393. The molecule has 3 heterocycles. The third-order valence-corrected chi connectivity index (χ3v) is 7.29. The number of likely N-dealkylation sites (tertiary alicyclic amines) is 1. The summed E-state index contributed by atoms with van der Waals surface area (Å²) in [4.78, 5) is 20.7. The van der Waals surface area contributed by atoms with Gasteiger partial charge in [-0.15, -0.1) is 0 Å². The topological polar surface area (TPSA) is 57.8 Å². The van der Waals surface area contributed by atoms with Crippen molar-refractivity contribution in [2.45, 2.75) is 25.3 Å². The van der Waals surface area contributed by atoms with Crippen molar-refractivity contribution in [3.63, 3.8) is 0 Å². The maximum Gasteiger partial charge on any atom is 0.410 e. The lowest BCUT2D eigenvalue weighted by atomic mass is 9.92. The van der Waals surface area contributed by atoms with Crippen molar-refractivity contribution in [2.75, 3.05) is 39.9 Å². The van der Waals surface area contributed by atoms with E-state index in [4.69, 9.17) is 21.1 Å². The Morgan fingerprint density at radius 1 is 1.23 bits per heavy atom. The molecule has 2 aromatic carbocycles. The van der Waals surface area contributed by atoms with E-state index in [1.165, 1.54) is 24.9 Å². The number of carbonyl (C=O) groups excluding carboxylic acids is 1. The summed E-state index contributed by atoms with van der Waals surface area (Å²) in [7, 11) is 2.17. The van der Waals surface area contributed by atoms with Gasteiger partial charge in [0, 0.05) is 40.6 Å². The second-order valence-electron chi connectivity index (χ2n) is 9.57. The highest BCUT2D eigenvalue weighted by Crippen LogP contribution is 2.39. The molecule has 0 bridgehead atoms. The van der Waals surface area contributed by atoms with Crippen molar-refractivity contribution in [1.82, 2.24) is 14.8 Å². The van der Waals surface area contributed by atoms with Crippen molar-refractivity contribution >= 4 is 28.6 Å². The maximum absolute atomic E-state index is 13.0. The normalized spacial score (nSPS) is 20.5. The number of nitrogens with one attached hydrogen (secondary N) is 1. The Hall–Kier alpha value is -2.96. The molecule has 1 amide bonds. The SMILES string of the molecule is C=CCOC(=O)N1CCc2c([nH]c3ccc(Cl)cc23)C1c1ccc(OCC2CCCN(C)C2)cc1. The highest BCUT2D eigenvalue weighted by atomic mass is 35.5. The average molecular weight is 494 g/mol. The quantitative estimate of drug-likeness (QED) is 0.440. The Labute approximate surface area is 211 Å². The summed E-state index contributed by atoms with van der Waals surface area (Å²) in [5.74, 6) is 1.41. The fourth-order valence-electron chi connectivity index (χ4n) is 5.39. The van der Waals surface area contributed by atoms with Crippen molar-refractivity contribution in [2.24, 2.45) is 5.92 Å². The van der Waals surface area contributed by atoms with Crippen LogP contribution in [0.2, 0.25) is 5.02 Å². The molecule has 2 aliphatic heterocycles. The Morgan fingerprint density at radius 2 is 2.06 bits per heavy atom. The molecule has 0 radical (unpaired) electrons. The van der Waals surface area contributed by atoms with Gasteiger partial charge in [-0.25, -0.2) is 4.79 Å². The molecule has 0 spiro atoms. The van der Waals surface area contributed by atoms with E-state index in [0.29, 0.717) is 17.5 Å². The van der Waals surface area contributed by atoms with Gasteiger partial charge in [-0.05, 0) is 74.3 Å². The fourth-order valence-corrected chi connectivity index (χ4v) is 5.56. The minimum Gasteiger partial charge on any atom is -0.493 e. The van der Waals surface area contributed by atoms with Crippen LogP contribution in [0.15, 0.2) is 55.1 Å². The van der Waals surface area contributed by atoms with Crippen LogP contribution in [0.3, 0.4) is 0 Å². The van der Waals surface area contributed by atoms with E-state index in [9.17, 15) is 4.79 Å². The molecule has 0 aliphatic carbocycles. The number of carbonyl (C=O) groups is 1. The lowest BCUT2D eigenvalue weighted by Crippen LogP contribution is -2.41. The smallest absolute Gasteiger partial charge is 0.410 e. The Morgan fingerprint density at radius 3 is 2.83 bits per heavy atom. The van der Waals surface area contributed by atoms with Gasteiger partial charge in [0.2, 0.25) is 0 Å². The molecule has 5 rings (SSSR count). The molecule has 2 unspecified atom stereocenters. The molecule has 1 aromatic heterocycles. The molecule has 7 heteroatoms. The number of aromatic amines is 1. The first-order valence-corrected chi connectivity index (χ1v) is 12.7. The number of nitrogens with zero attached hydrogens (tertiary/aromatic N) is 2. The van der Waals surface area contributed by atoms with Gasteiger partial charge in [0.25, 0.3) is 0 Å². The molecule has 35 heavy (non-hydrogen) atoms. The van der Waals surface area contributed by atoms with E-state index in [-0.39, 0.29) is 18.7 Å². The summed E-state index contributed by atoms with van der Waals surface area (Å²) in [5, 5.41) is 1.81. The second-order valence-corrected chi connectivity index (χ2v) is 10.0. The van der Waals surface area contributed by atoms with E-state index < -0.39 is 0 Å². The number of benzene rings is 2. The largest absolute Gasteiger partial charge is 0.493 e. The van der Waals surface area contributed by atoms with Gasteiger partial charge in [0.15, 0.2) is 0 Å². The molecule has 184 valence electrons. The van der Waals surface area contributed by atoms with Crippen LogP contribution < -0.4 is 4.74 Å². The minimum absolute atomic E-state index is 0.181. The number of H-pyrrole nitrogens is 1. The maximum atomic E-state index is 13.0. The summed E-state index contributed by atoms with van der Waals surface area (Å²) in [6, 6.07) is 13.7. The van der Waals surface area contributed by atoms with E-state index in [1.54, 1.807) is 11.0 Å². The molecule has 0 saturated carbocycles. The first-order chi connectivity index (χ1) is 17.0. The van der Waals surface area contributed by atoms with Gasteiger partial charge in [-0.3, -0.25) is 4.90 Å². The van der Waals surface area contributed by atoms with Crippen LogP contribution in [0.1, 0.15) is 35.7 Å². The van der Waals surface area contributed by atoms with Crippen LogP contribution in [0, 0.1) is 5.92 Å². The third-order valence-electron chi connectivity index (χ3n) is 7.05. The average Bonchev–Trinajstić information content (AvgIpc) is 3.23. The van der Waals surface area contributed by atoms with Crippen molar-refractivity contribution in [3.05, 3.63) is 77.0 Å². The number of halogens is 1. The number of fused-ring (bicyclic) bond motifs is 3. The molecular weight excluding hydrogens is 462 g/mol. The lowest BCUT2D eigenvalue weighted by molar-refractivity contribution is 0.0979. The van der Waals surface area contributed by atoms with Crippen LogP contribution in [0.25, 0.3) is 10.9 Å². The molecule has 1 fully saturated rings. The number of piperidine rings is 1. The summed E-state index contributed by atoms with van der Waals surface area (Å²) >= 11 is 6.29. The monoisotopic (exact) mass is 493 g/mol. The Kier molecular flexibility index (Phi) is 7.02. The van der Waals surface area contributed by atoms with Crippen LogP contribution in [0.5, 0.6) is 5.75 Å². The summed E-state index contributed by atoms with van der Waals surface area (Å²) in [6.45, 7) is 7.37. The molecule has 2 aliphatic rings. The van der Waals surface area contributed by atoms with Gasteiger partial charge in [0.1, 0.15) is 18.4 Å². The number of aromatic nitrogens is 1. The molecular formula is C28H32ClN3O3. The minimum atomic E-state index is -0.348. The number of amides is 1. The van der Waals surface area contributed by atoms with Crippen LogP contribution in [-0.2, 0) is 11.2 Å². The second kappa shape index (κ2) is 10.3. The summed E-state index contributed by atoms with van der Waals surface area (Å²) in [6.07, 6.45) is 4.40. The molecule has 2 atom stereocenters. The van der Waals surface area contributed by atoms with Gasteiger partial charge in [-0.2, -0.15) is 0 Å². The van der Waals surface area contributed by atoms with Crippen molar-refractivity contribution < 1.29 is 14.3 Å². The highest BCUT2D eigenvalue weighted by Gasteiger charge is 2.35. The molecule has 6 nitrogen and oxygen atoms in total. The van der Waals surface area contributed by atoms with E-state index in [2.05, 4.69) is 23.5 Å². The zero-order valence-electron chi connectivity index (χ0n) is 20.1. The summed E-state index contributed by atoms with van der Waals surface area (Å²) in [5.41, 5.74) is 4.22. The van der Waals surface area contributed by atoms with E-state index >= 15 is 0 Å². The molecule has 1 saturated heterocycles. The van der Waals surface area contributed by atoms with Crippen LogP contribution >= 0.6 is 11.6 Å². The van der Waals surface area contributed by atoms with Gasteiger partial charge >= 0.3 is 6.09 Å². The van der Waals surface area contributed by atoms with Crippen molar-refractivity contribution in [1.29, 1.82) is 0 Å². The number of hydrogen-bond donors (Lipinski definition) is 1. The Bertz CT molecular complexity index is 1210. The third kappa shape index (κ3) is 5.04. The Balaban J connectivity index is 1.42. The molecule has 1 N–H and O–H groups in total. The molecule has 3 aromatic rings. The number of rotatable bonds is 6. The lowest BCUT2D eigenvalue weighted by Gasteiger charge is -2.35. The predicted octanol–water partition coefficient (Wildman–Crippen LogP) is 5.81. The number of hydrogen-bond acceptors (Lipinski definition) is 4. The zero-order valence-corrected chi connectivity index (χ0v) is 20.9. The number of ether oxygens (including phenoxy) is 2. The highest BCUT2D eigenvalue weighted by molar-refractivity contribution is 6.31. The first kappa shape index (κ1) is 23.8. The van der Waals surface area contributed by atoms with Crippen molar-refractivity contribution in [3.8, 4) is 5.75 Å². The van der Waals surface area contributed by atoms with Crippen LogP contribution in [-0.4, -0.2) is 60.8 Å². The predicted molar refractivity (Wildman–Crippen MR) is 139 cm³/mol. The van der Waals surface area contributed by atoms with Crippen LogP contribution in [0.4, 0.5) is 4.79 Å². The summed E-state index contributed by atoms with van der Waals surface area (Å²) < 4.78 is 11.6. The van der Waals surface area contributed by atoms with Gasteiger partial charge in [0.05, 0.1) is 6.61 Å². The van der Waals surface area contributed by atoms with E-state index in [0.717, 1.165) is 47.5 Å². The van der Waals surface area contributed by atoms with Gasteiger partial charge < -0.3 is 19.4 Å². The van der Waals surface area contributed by atoms with E-state index in [1.807, 2.05) is 42.5 Å². The standard InChI is InChI=1S/C28H32ClN3O3/c1-3-15-34-28(33)32-14-12-23-24-16-21(29)8-11-25(24)30-26(23)27(32)20-6-9-22(10-7-20)35-18-19-5-4-13-31(2)17-19/h3,6-11,16,19,27,30H,1,4-5,12-15,17-18H2,2H3. The first-order valence-electron chi connectivity index (χ1n) is 12.3.